The molecule has 2 aliphatic rings. The van der Waals surface area contributed by atoms with Crippen molar-refractivity contribution >= 4 is 0 Å². The number of hydrogen-bond donors (Lipinski definition) is 1. The minimum atomic E-state index is -0.0693. The fourth-order valence-electron chi connectivity index (χ4n) is 4.05. The molecule has 112 valence electrons. The summed E-state index contributed by atoms with van der Waals surface area (Å²) in [5.74, 6) is 6.67. The monoisotopic (exact) mass is 283 g/mol. The van der Waals surface area contributed by atoms with Crippen molar-refractivity contribution in [3.05, 3.63) is 35.4 Å². The Kier molecular flexibility index (Phi) is 4.95. The highest BCUT2D eigenvalue weighted by Gasteiger charge is 2.32. The summed E-state index contributed by atoms with van der Waals surface area (Å²) in [4.78, 5) is 2.69. The molecular formula is C19H25NO. The fraction of sp³-hybridized carbons (Fsp3) is 0.579. The van der Waals surface area contributed by atoms with Crippen LogP contribution in [-0.4, -0.2) is 29.2 Å². The lowest BCUT2D eigenvalue weighted by molar-refractivity contribution is 0.183. The Morgan fingerprint density at radius 1 is 1.14 bits per heavy atom. The molecule has 3 rings (SSSR count). The van der Waals surface area contributed by atoms with Crippen molar-refractivity contribution in [3.8, 4) is 11.8 Å². The minimum Gasteiger partial charge on any atom is -0.384 e. The van der Waals surface area contributed by atoms with E-state index in [1.54, 1.807) is 0 Å². The molecule has 2 fully saturated rings. The van der Waals surface area contributed by atoms with E-state index in [1.165, 1.54) is 50.6 Å². The number of hydrogen-bond acceptors (Lipinski definition) is 2. The highest BCUT2D eigenvalue weighted by atomic mass is 16.2. The average molecular weight is 283 g/mol. The lowest BCUT2D eigenvalue weighted by atomic mass is 9.95. The van der Waals surface area contributed by atoms with Crippen molar-refractivity contribution in [2.45, 2.75) is 51.1 Å². The molecule has 1 heterocycles. The molecule has 1 atom stereocenters. The Morgan fingerprint density at radius 3 is 2.81 bits per heavy atom. The van der Waals surface area contributed by atoms with Gasteiger partial charge in [0.1, 0.15) is 6.61 Å². The topological polar surface area (TPSA) is 23.5 Å². The van der Waals surface area contributed by atoms with Gasteiger partial charge in [-0.15, -0.1) is 0 Å². The maximum Gasteiger partial charge on any atom is 0.104 e. The molecule has 1 aromatic carbocycles. The molecule has 1 aliphatic carbocycles. The summed E-state index contributed by atoms with van der Waals surface area (Å²) in [5.41, 5.74) is 2.36. The maximum absolute atomic E-state index is 8.80. The second kappa shape index (κ2) is 7.11. The van der Waals surface area contributed by atoms with E-state index in [4.69, 9.17) is 5.11 Å². The third kappa shape index (κ3) is 3.67. The molecule has 1 unspecified atom stereocenters. The van der Waals surface area contributed by atoms with E-state index in [1.807, 2.05) is 6.07 Å². The molecule has 0 bridgehead atoms. The summed E-state index contributed by atoms with van der Waals surface area (Å²) in [6, 6.07) is 9.28. The van der Waals surface area contributed by atoms with Crippen molar-refractivity contribution in [1.82, 2.24) is 4.90 Å². The molecule has 1 saturated carbocycles. The van der Waals surface area contributed by atoms with E-state index in [0.29, 0.717) is 0 Å². The molecule has 1 N–H and O–H groups in total. The number of rotatable bonds is 3. The van der Waals surface area contributed by atoms with Crippen molar-refractivity contribution < 1.29 is 5.11 Å². The number of benzene rings is 1. The van der Waals surface area contributed by atoms with Crippen molar-refractivity contribution in [3.63, 3.8) is 0 Å². The summed E-state index contributed by atoms with van der Waals surface area (Å²) in [6.07, 6.45) is 8.47. The van der Waals surface area contributed by atoms with E-state index < -0.39 is 0 Å². The van der Waals surface area contributed by atoms with Gasteiger partial charge >= 0.3 is 0 Å². The number of aliphatic hydroxyl groups excluding tert-OH is 1. The Labute approximate surface area is 128 Å². The van der Waals surface area contributed by atoms with Crippen LogP contribution in [0.15, 0.2) is 24.3 Å². The lowest BCUT2D eigenvalue weighted by Crippen LogP contribution is -2.34. The van der Waals surface area contributed by atoms with Gasteiger partial charge in [-0.3, -0.25) is 4.90 Å². The van der Waals surface area contributed by atoms with Gasteiger partial charge in [0.2, 0.25) is 0 Å². The standard InChI is InChI=1S/C19H25NO/c21-13-5-8-16-6-3-7-17(14-16)15-20-12-4-11-19(20)18-9-1-2-10-18/h3,6-7,14,18-19,21H,1-2,4,9-13,15H2. The molecule has 0 radical (unpaired) electrons. The van der Waals surface area contributed by atoms with Crippen molar-refractivity contribution in [1.29, 1.82) is 0 Å². The largest absolute Gasteiger partial charge is 0.384 e. The molecule has 0 amide bonds. The van der Waals surface area contributed by atoms with E-state index in [9.17, 15) is 0 Å². The summed E-state index contributed by atoms with van der Waals surface area (Å²) in [7, 11) is 0. The molecule has 21 heavy (non-hydrogen) atoms. The lowest BCUT2D eigenvalue weighted by Gasteiger charge is -2.29. The van der Waals surface area contributed by atoms with Crippen LogP contribution in [0.4, 0.5) is 0 Å². The maximum atomic E-state index is 8.80. The third-order valence-corrected chi connectivity index (χ3v) is 4.98. The van der Waals surface area contributed by atoms with Crippen LogP contribution in [0.1, 0.15) is 49.7 Å². The molecule has 2 nitrogen and oxygen atoms in total. The van der Waals surface area contributed by atoms with Crippen LogP contribution in [0, 0.1) is 17.8 Å². The highest BCUT2D eigenvalue weighted by molar-refractivity contribution is 5.37. The van der Waals surface area contributed by atoms with Crippen LogP contribution in [0.3, 0.4) is 0 Å². The second-order valence-electron chi connectivity index (χ2n) is 6.38. The van der Waals surface area contributed by atoms with E-state index in [0.717, 1.165) is 24.1 Å². The second-order valence-corrected chi connectivity index (χ2v) is 6.38. The Hall–Kier alpha value is -1.30. The van der Waals surface area contributed by atoms with Crippen LogP contribution in [0.25, 0.3) is 0 Å². The van der Waals surface area contributed by atoms with Gasteiger partial charge in [0.05, 0.1) is 0 Å². The number of likely N-dealkylation sites (tertiary alicyclic amines) is 1. The first-order valence-corrected chi connectivity index (χ1v) is 8.29. The van der Waals surface area contributed by atoms with Gasteiger partial charge in [-0.2, -0.15) is 0 Å². The smallest absolute Gasteiger partial charge is 0.104 e. The first-order chi connectivity index (χ1) is 10.4. The predicted octanol–water partition coefficient (Wildman–Crippen LogP) is 3.19. The Morgan fingerprint density at radius 2 is 2.00 bits per heavy atom. The fourth-order valence-corrected chi connectivity index (χ4v) is 4.05. The quantitative estimate of drug-likeness (QED) is 0.861. The first-order valence-electron chi connectivity index (χ1n) is 8.29. The molecule has 1 saturated heterocycles. The normalized spacial score (nSPS) is 23.2. The van der Waals surface area contributed by atoms with E-state index in [-0.39, 0.29) is 6.61 Å². The van der Waals surface area contributed by atoms with Crippen LogP contribution < -0.4 is 0 Å². The Bertz CT molecular complexity index is 522. The minimum absolute atomic E-state index is 0.0693. The zero-order chi connectivity index (χ0) is 14.5. The molecule has 1 aromatic rings. The SMILES string of the molecule is OCC#Cc1cccc(CN2CCCC2C2CCCC2)c1. The van der Waals surface area contributed by atoms with Crippen LogP contribution in [-0.2, 0) is 6.54 Å². The van der Waals surface area contributed by atoms with Gasteiger partial charge < -0.3 is 5.11 Å². The van der Waals surface area contributed by atoms with Crippen LogP contribution in [0.5, 0.6) is 0 Å². The Balaban J connectivity index is 1.67. The van der Waals surface area contributed by atoms with E-state index in [2.05, 4.69) is 34.9 Å². The van der Waals surface area contributed by atoms with Crippen molar-refractivity contribution in [2.24, 2.45) is 5.92 Å². The average Bonchev–Trinajstić information content (AvgIpc) is 3.16. The summed E-state index contributed by atoms with van der Waals surface area (Å²) in [6.45, 7) is 2.23. The van der Waals surface area contributed by atoms with Gasteiger partial charge in [-0.05, 0) is 55.8 Å². The van der Waals surface area contributed by atoms with E-state index >= 15 is 0 Å². The zero-order valence-electron chi connectivity index (χ0n) is 12.7. The van der Waals surface area contributed by atoms with Gasteiger partial charge in [0, 0.05) is 18.2 Å². The number of aliphatic hydroxyl groups is 1. The number of nitrogens with zero attached hydrogens (tertiary/aromatic N) is 1. The van der Waals surface area contributed by atoms with Gasteiger partial charge in [-0.25, -0.2) is 0 Å². The predicted molar refractivity (Wildman–Crippen MR) is 85.8 cm³/mol. The molecule has 0 aromatic heterocycles. The van der Waals surface area contributed by atoms with Crippen molar-refractivity contribution in [2.75, 3.05) is 13.2 Å². The van der Waals surface area contributed by atoms with Crippen LogP contribution >= 0.6 is 0 Å². The summed E-state index contributed by atoms with van der Waals surface area (Å²) in [5, 5.41) is 8.80. The molecule has 0 spiro atoms. The van der Waals surface area contributed by atoms with Crippen LogP contribution in [0.2, 0.25) is 0 Å². The third-order valence-electron chi connectivity index (χ3n) is 4.98. The first kappa shape index (κ1) is 14.6. The summed E-state index contributed by atoms with van der Waals surface area (Å²) >= 11 is 0. The highest BCUT2D eigenvalue weighted by Crippen LogP contribution is 2.36. The zero-order valence-corrected chi connectivity index (χ0v) is 12.7. The molecular weight excluding hydrogens is 258 g/mol. The van der Waals surface area contributed by atoms with Gasteiger partial charge in [0.25, 0.3) is 0 Å². The molecule has 2 heteroatoms. The van der Waals surface area contributed by atoms with Gasteiger partial charge in [-0.1, -0.05) is 36.8 Å². The summed E-state index contributed by atoms with van der Waals surface area (Å²) < 4.78 is 0. The van der Waals surface area contributed by atoms with Gasteiger partial charge in [0.15, 0.2) is 0 Å². The molecule has 1 aliphatic heterocycles.